The van der Waals surface area contributed by atoms with E-state index >= 15 is 0 Å². The summed E-state index contributed by atoms with van der Waals surface area (Å²) < 4.78 is 10.9. The number of carbonyl (C=O) groups excluding carboxylic acids is 1. The van der Waals surface area contributed by atoms with Crippen molar-refractivity contribution in [2.45, 2.75) is 33.1 Å². The molecule has 0 N–H and O–H groups in total. The fourth-order valence-electron chi connectivity index (χ4n) is 3.52. The average Bonchev–Trinajstić information content (AvgIpc) is 2.70. The lowest BCUT2D eigenvalue weighted by atomic mass is 9.90. The SMILES string of the molecule is COc1ccc(CC2CCN(C(=O)COc3ccc(C)c(C)c3)CC2)cc1. The number of ether oxygens (including phenoxy) is 2. The lowest BCUT2D eigenvalue weighted by Crippen LogP contribution is -2.41. The number of nitrogens with zero attached hydrogens (tertiary/aromatic N) is 1. The second kappa shape index (κ2) is 8.94. The molecule has 1 amide bonds. The van der Waals surface area contributed by atoms with Gasteiger partial charge in [0.25, 0.3) is 5.91 Å². The van der Waals surface area contributed by atoms with Crippen molar-refractivity contribution in [1.82, 2.24) is 4.90 Å². The highest BCUT2D eigenvalue weighted by Crippen LogP contribution is 2.23. The van der Waals surface area contributed by atoms with Crippen molar-refractivity contribution in [2.24, 2.45) is 5.92 Å². The second-order valence-corrected chi connectivity index (χ2v) is 7.41. The zero-order valence-corrected chi connectivity index (χ0v) is 16.5. The Labute approximate surface area is 162 Å². The van der Waals surface area contributed by atoms with Gasteiger partial charge in [0.05, 0.1) is 7.11 Å². The molecule has 2 aromatic carbocycles. The van der Waals surface area contributed by atoms with Crippen LogP contribution < -0.4 is 9.47 Å². The van der Waals surface area contributed by atoms with Crippen molar-refractivity contribution in [3.05, 3.63) is 59.2 Å². The molecule has 4 heteroatoms. The molecular weight excluding hydrogens is 338 g/mol. The third-order valence-corrected chi connectivity index (χ3v) is 5.49. The van der Waals surface area contributed by atoms with Crippen LogP contribution in [0.15, 0.2) is 42.5 Å². The van der Waals surface area contributed by atoms with Gasteiger partial charge in [0, 0.05) is 13.1 Å². The van der Waals surface area contributed by atoms with Crippen LogP contribution in [0.5, 0.6) is 11.5 Å². The van der Waals surface area contributed by atoms with E-state index in [0.29, 0.717) is 5.92 Å². The number of hydrogen-bond acceptors (Lipinski definition) is 3. The molecule has 0 bridgehead atoms. The third-order valence-electron chi connectivity index (χ3n) is 5.49. The highest BCUT2D eigenvalue weighted by Gasteiger charge is 2.23. The molecule has 1 aliphatic rings. The van der Waals surface area contributed by atoms with Gasteiger partial charge >= 0.3 is 0 Å². The first kappa shape index (κ1) is 19.3. The molecule has 2 aromatic rings. The molecular formula is C23H29NO3. The first-order valence-corrected chi connectivity index (χ1v) is 9.66. The van der Waals surface area contributed by atoms with E-state index in [1.54, 1.807) is 7.11 Å². The van der Waals surface area contributed by atoms with Crippen LogP contribution in [-0.2, 0) is 11.2 Å². The van der Waals surface area contributed by atoms with E-state index < -0.39 is 0 Å². The average molecular weight is 367 g/mol. The van der Waals surface area contributed by atoms with Crippen LogP contribution in [0.2, 0.25) is 0 Å². The number of amides is 1. The van der Waals surface area contributed by atoms with Crippen molar-refractivity contribution in [3.63, 3.8) is 0 Å². The summed E-state index contributed by atoms with van der Waals surface area (Å²) in [6.45, 7) is 5.87. The van der Waals surface area contributed by atoms with Gasteiger partial charge in [0.1, 0.15) is 11.5 Å². The number of aryl methyl sites for hydroxylation is 2. The number of hydrogen-bond donors (Lipinski definition) is 0. The van der Waals surface area contributed by atoms with Gasteiger partial charge in [-0.1, -0.05) is 18.2 Å². The molecule has 0 unspecified atom stereocenters. The van der Waals surface area contributed by atoms with Gasteiger partial charge in [0.15, 0.2) is 6.61 Å². The summed E-state index contributed by atoms with van der Waals surface area (Å²) in [7, 11) is 1.69. The van der Waals surface area contributed by atoms with Gasteiger partial charge in [-0.25, -0.2) is 0 Å². The fraction of sp³-hybridized carbons (Fsp3) is 0.435. The molecule has 0 aromatic heterocycles. The molecule has 1 fully saturated rings. The summed E-state index contributed by atoms with van der Waals surface area (Å²) in [5, 5.41) is 0. The first-order valence-electron chi connectivity index (χ1n) is 9.66. The Morgan fingerprint density at radius 1 is 1.00 bits per heavy atom. The van der Waals surface area contributed by atoms with Gasteiger partial charge in [-0.3, -0.25) is 4.79 Å². The standard InChI is InChI=1S/C23H29NO3/c1-17-4-7-22(14-18(17)2)27-16-23(25)24-12-10-20(11-13-24)15-19-5-8-21(26-3)9-6-19/h4-9,14,20H,10-13,15-16H2,1-3H3. The summed E-state index contributed by atoms with van der Waals surface area (Å²) >= 11 is 0. The van der Waals surface area contributed by atoms with Gasteiger partial charge < -0.3 is 14.4 Å². The van der Waals surface area contributed by atoms with E-state index in [4.69, 9.17) is 9.47 Å². The maximum absolute atomic E-state index is 12.4. The van der Waals surface area contributed by atoms with Crippen molar-refractivity contribution in [3.8, 4) is 11.5 Å². The van der Waals surface area contributed by atoms with Crippen molar-refractivity contribution in [2.75, 3.05) is 26.8 Å². The molecule has 0 radical (unpaired) electrons. The molecule has 3 rings (SSSR count). The zero-order valence-electron chi connectivity index (χ0n) is 16.5. The van der Waals surface area contributed by atoms with Crippen molar-refractivity contribution in [1.29, 1.82) is 0 Å². The minimum absolute atomic E-state index is 0.0797. The van der Waals surface area contributed by atoms with Gasteiger partial charge in [0.2, 0.25) is 0 Å². The maximum atomic E-state index is 12.4. The molecule has 0 atom stereocenters. The third kappa shape index (κ3) is 5.25. The van der Waals surface area contributed by atoms with Gasteiger partial charge in [-0.2, -0.15) is 0 Å². The van der Waals surface area contributed by atoms with Crippen LogP contribution in [0, 0.1) is 19.8 Å². The summed E-state index contributed by atoms with van der Waals surface area (Å²) in [5.74, 6) is 2.36. The molecule has 0 saturated carbocycles. The Morgan fingerprint density at radius 2 is 1.67 bits per heavy atom. The normalized spacial score (nSPS) is 14.9. The summed E-state index contributed by atoms with van der Waals surface area (Å²) in [4.78, 5) is 14.4. The van der Waals surface area contributed by atoms with Crippen LogP contribution in [0.1, 0.15) is 29.5 Å². The minimum atomic E-state index is 0.0797. The predicted molar refractivity (Wildman–Crippen MR) is 107 cm³/mol. The highest BCUT2D eigenvalue weighted by atomic mass is 16.5. The summed E-state index contributed by atoms with van der Waals surface area (Å²) in [6.07, 6.45) is 3.15. The van der Waals surface area contributed by atoms with Gasteiger partial charge in [-0.05, 0) is 80.0 Å². The molecule has 0 aliphatic carbocycles. The highest BCUT2D eigenvalue weighted by molar-refractivity contribution is 5.77. The number of benzene rings is 2. The summed E-state index contributed by atoms with van der Waals surface area (Å²) in [5.41, 5.74) is 3.74. The number of rotatable bonds is 6. The zero-order chi connectivity index (χ0) is 19.2. The Bertz CT molecular complexity index is 762. The molecule has 4 nitrogen and oxygen atoms in total. The van der Waals surface area contributed by atoms with Crippen LogP contribution in [0.3, 0.4) is 0 Å². The smallest absolute Gasteiger partial charge is 0.260 e. The van der Waals surface area contributed by atoms with Crippen LogP contribution in [0.25, 0.3) is 0 Å². The Kier molecular flexibility index (Phi) is 6.38. The number of piperidine rings is 1. The van der Waals surface area contributed by atoms with Crippen LogP contribution in [0.4, 0.5) is 0 Å². The topological polar surface area (TPSA) is 38.8 Å². The molecule has 1 saturated heterocycles. The Morgan fingerprint density at radius 3 is 2.30 bits per heavy atom. The van der Waals surface area contributed by atoms with E-state index in [9.17, 15) is 4.79 Å². The molecule has 27 heavy (non-hydrogen) atoms. The molecule has 0 spiro atoms. The van der Waals surface area contributed by atoms with E-state index in [1.807, 2.05) is 35.2 Å². The van der Waals surface area contributed by atoms with E-state index in [1.165, 1.54) is 16.7 Å². The molecule has 1 heterocycles. The molecule has 144 valence electrons. The molecule has 1 aliphatic heterocycles. The number of carbonyl (C=O) groups is 1. The van der Waals surface area contributed by atoms with Gasteiger partial charge in [-0.15, -0.1) is 0 Å². The lowest BCUT2D eigenvalue weighted by molar-refractivity contribution is -0.134. The largest absolute Gasteiger partial charge is 0.497 e. The first-order chi connectivity index (χ1) is 13.0. The predicted octanol–water partition coefficient (Wildman–Crippen LogP) is 4.17. The van der Waals surface area contributed by atoms with E-state index in [-0.39, 0.29) is 12.5 Å². The number of likely N-dealkylation sites (tertiary alicyclic amines) is 1. The number of methoxy groups -OCH3 is 1. The summed E-state index contributed by atoms with van der Waals surface area (Å²) in [6, 6.07) is 14.2. The monoisotopic (exact) mass is 367 g/mol. The Balaban J connectivity index is 1.43. The van der Waals surface area contributed by atoms with Crippen LogP contribution >= 0.6 is 0 Å². The lowest BCUT2D eigenvalue weighted by Gasteiger charge is -2.32. The quantitative estimate of drug-likeness (QED) is 0.769. The Hall–Kier alpha value is -2.49. The second-order valence-electron chi connectivity index (χ2n) is 7.41. The minimum Gasteiger partial charge on any atom is -0.497 e. The van der Waals surface area contributed by atoms with Crippen molar-refractivity contribution >= 4 is 5.91 Å². The van der Waals surface area contributed by atoms with Crippen molar-refractivity contribution < 1.29 is 14.3 Å². The van der Waals surface area contributed by atoms with E-state index in [0.717, 1.165) is 43.9 Å². The van der Waals surface area contributed by atoms with Crippen LogP contribution in [-0.4, -0.2) is 37.6 Å². The van der Waals surface area contributed by atoms with E-state index in [2.05, 4.69) is 26.0 Å². The maximum Gasteiger partial charge on any atom is 0.260 e. The fourth-order valence-corrected chi connectivity index (χ4v) is 3.52.